The Morgan fingerprint density at radius 2 is 1.93 bits per heavy atom. The summed E-state index contributed by atoms with van der Waals surface area (Å²) in [6.07, 6.45) is 4.55. The third-order valence-corrected chi connectivity index (χ3v) is 4.89. The van der Waals surface area contributed by atoms with Crippen molar-refractivity contribution in [1.29, 1.82) is 0 Å². The lowest BCUT2D eigenvalue weighted by Crippen LogP contribution is -2.12. The van der Waals surface area contributed by atoms with E-state index in [-0.39, 0.29) is 0 Å². The van der Waals surface area contributed by atoms with Gasteiger partial charge in [-0.3, -0.25) is 14.9 Å². The molecule has 1 aliphatic rings. The number of anilines is 1. The number of nitrogens with zero attached hydrogens (tertiary/aromatic N) is 4. The molecule has 0 unspecified atom stereocenters. The van der Waals surface area contributed by atoms with E-state index >= 15 is 0 Å². The molecule has 0 radical (unpaired) electrons. The van der Waals surface area contributed by atoms with Gasteiger partial charge in [0.2, 0.25) is 6.41 Å². The number of aliphatic imine (C=N–C) groups is 2. The van der Waals surface area contributed by atoms with E-state index in [0.29, 0.717) is 18.9 Å². The van der Waals surface area contributed by atoms with Gasteiger partial charge in [-0.25, -0.2) is 4.99 Å². The molecular weight excluding hydrogens is 364 g/mol. The van der Waals surface area contributed by atoms with Crippen molar-refractivity contribution in [2.24, 2.45) is 9.98 Å². The number of nitrogens with one attached hydrogen (secondary N) is 2. The minimum atomic E-state index is 0.633. The maximum atomic E-state index is 11.0. The minimum Gasteiger partial charge on any atom is -0.344 e. The second kappa shape index (κ2) is 8.10. The van der Waals surface area contributed by atoms with Crippen molar-refractivity contribution in [3.05, 3.63) is 71.5 Å². The van der Waals surface area contributed by atoms with E-state index in [2.05, 4.69) is 31.6 Å². The van der Waals surface area contributed by atoms with E-state index in [9.17, 15) is 4.79 Å². The van der Waals surface area contributed by atoms with Gasteiger partial charge in [0.05, 0.1) is 6.20 Å². The molecule has 4 rings (SSSR count). The molecule has 1 aliphatic heterocycles. The van der Waals surface area contributed by atoms with E-state index in [1.807, 2.05) is 49.5 Å². The molecule has 3 aromatic rings. The molecular formula is C22H22N6O. The summed E-state index contributed by atoms with van der Waals surface area (Å²) in [5.74, 6) is 1.40. The zero-order valence-electron chi connectivity index (χ0n) is 16.4. The van der Waals surface area contributed by atoms with Gasteiger partial charge in [-0.2, -0.15) is 5.10 Å². The highest BCUT2D eigenvalue weighted by Crippen LogP contribution is 2.23. The average Bonchev–Trinajstić information content (AvgIpc) is 3.41. The van der Waals surface area contributed by atoms with Crippen LogP contribution in [0.25, 0.3) is 11.1 Å². The molecule has 1 amide bonds. The topological polar surface area (TPSA) is 85.7 Å². The smallest absolute Gasteiger partial charge is 0.210 e. The summed E-state index contributed by atoms with van der Waals surface area (Å²) in [7, 11) is 1.73. The van der Waals surface area contributed by atoms with E-state index in [4.69, 9.17) is 0 Å². The number of hydrogen-bond acceptors (Lipinski definition) is 3. The van der Waals surface area contributed by atoms with Gasteiger partial charge in [0.1, 0.15) is 5.84 Å². The first-order valence-electron chi connectivity index (χ1n) is 9.36. The maximum Gasteiger partial charge on any atom is 0.210 e. The van der Waals surface area contributed by atoms with E-state index < -0.39 is 0 Å². The fourth-order valence-corrected chi connectivity index (χ4v) is 3.43. The first-order valence-corrected chi connectivity index (χ1v) is 9.36. The highest BCUT2D eigenvalue weighted by atomic mass is 16.1. The summed E-state index contributed by atoms with van der Waals surface area (Å²) < 4.78 is 0. The largest absolute Gasteiger partial charge is 0.344 e. The number of aromatic nitrogens is 2. The van der Waals surface area contributed by atoms with Crippen molar-refractivity contribution in [2.75, 3.05) is 12.4 Å². The number of rotatable bonds is 4. The lowest BCUT2D eigenvalue weighted by Gasteiger charge is -2.09. The Kier molecular flexibility index (Phi) is 5.20. The van der Waals surface area contributed by atoms with Crippen LogP contribution in [0.4, 0.5) is 5.69 Å². The predicted octanol–water partition coefficient (Wildman–Crippen LogP) is 3.46. The molecule has 1 aromatic heterocycles. The standard InChI is InChI=1S/C22H22N6O/c1-15(26-21-7-5-16(6-8-21)20-10-24-25-11-20)27-22(23-2)17-3-4-18-12-28(14-29)13-19(18)9-17/h3-11,14H,12-13H2,1-2H3,(H,24,25)(H,23,26,27). The summed E-state index contributed by atoms with van der Waals surface area (Å²) in [5.41, 5.74) is 6.35. The van der Waals surface area contributed by atoms with Gasteiger partial charge in [0.25, 0.3) is 0 Å². The van der Waals surface area contributed by atoms with E-state index in [1.54, 1.807) is 18.1 Å². The van der Waals surface area contributed by atoms with E-state index in [0.717, 1.165) is 40.2 Å². The first kappa shape index (κ1) is 18.6. The SMILES string of the molecule is C/N=C(\N=C(/C)Nc1ccc(-c2cn[nH]c2)cc1)c1ccc2c(c1)CN(C=O)C2. The Hall–Kier alpha value is -3.74. The lowest BCUT2D eigenvalue weighted by molar-refractivity contribution is -0.118. The van der Waals surface area contributed by atoms with Gasteiger partial charge in [-0.1, -0.05) is 24.3 Å². The van der Waals surface area contributed by atoms with E-state index in [1.165, 1.54) is 5.56 Å². The van der Waals surface area contributed by atoms with Crippen LogP contribution in [0.15, 0.2) is 64.8 Å². The molecule has 2 N–H and O–H groups in total. The molecule has 0 spiro atoms. The second-order valence-electron chi connectivity index (χ2n) is 6.93. The predicted molar refractivity (Wildman–Crippen MR) is 115 cm³/mol. The van der Waals surface area contributed by atoms with Crippen molar-refractivity contribution < 1.29 is 4.79 Å². The number of H-pyrrole nitrogens is 1. The summed E-state index contributed by atoms with van der Waals surface area (Å²) in [4.78, 5) is 21.8. The molecule has 146 valence electrons. The number of benzene rings is 2. The Morgan fingerprint density at radius 3 is 2.62 bits per heavy atom. The van der Waals surface area contributed by atoms with Crippen LogP contribution in [-0.2, 0) is 17.9 Å². The molecule has 29 heavy (non-hydrogen) atoms. The Labute approximate surface area is 169 Å². The normalized spacial score (nSPS) is 14.1. The van der Waals surface area contributed by atoms with Crippen molar-refractivity contribution in [3.8, 4) is 11.1 Å². The molecule has 0 fully saturated rings. The molecule has 7 heteroatoms. The number of fused-ring (bicyclic) bond motifs is 1. The van der Waals surface area contributed by atoms with Crippen LogP contribution < -0.4 is 5.32 Å². The van der Waals surface area contributed by atoms with Crippen LogP contribution in [0.2, 0.25) is 0 Å². The molecule has 0 aliphatic carbocycles. The zero-order valence-corrected chi connectivity index (χ0v) is 16.4. The summed E-state index contributed by atoms with van der Waals surface area (Å²) in [5, 5.41) is 10.1. The minimum absolute atomic E-state index is 0.633. The van der Waals surface area contributed by atoms with Gasteiger partial charge in [0, 0.05) is 43.1 Å². The second-order valence-corrected chi connectivity index (χ2v) is 6.93. The van der Waals surface area contributed by atoms with Crippen molar-refractivity contribution in [3.63, 3.8) is 0 Å². The maximum absolute atomic E-state index is 11.0. The lowest BCUT2D eigenvalue weighted by atomic mass is 10.1. The van der Waals surface area contributed by atoms with Gasteiger partial charge in [-0.05, 0) is 41.8 Å². The number of hydrogen-bond donors (Lipinski definition) is 2. The highest BCUT2D eigenvalue weighted by molar-refractivity contribution is 6.09. The van der Waals surface area contributed by atoms with Gasteiger partial charge in [-0.15, -0.1) is 0 Å². The number of amides is 1. The Bertz CT molecular complexity index is 1070. The number of amidine groups is 2. The summed E-state index contributed by atoms with van der Waals surface area (Å²) >= 11 is 0. The fourth-order valence-electron chi connectivity index (χ4n) is 3.43. The zero-order chi connectivity index (χ0) is 20.2. The highest BCUT2D eigenvalue weighted by Gasteiger charge is 2.18. The van der Waals surface area contributed by atoms with Gasteiger partial charge >= 0.3 is 0 Å². The summed E-state index contributed by atoms with van der Waals surface area (Å²) in [6, 6.07) is 14.2. The molecule has 0 saturated carbocycles. The third-order valence-electron chi connectivity index (χ3n) is 4.89. The quantitative estimate of drug-likeness (QED) is 0.409. The summed E-state index contributed by atoms with van der Waals surface area (Å²) in [6.45, 7) is 3.21. The number of carbonyl (C=O) groups excluding carboxylic acids is 1. The fraction of sp³-hybridized carbons (Fsp3) is 0.182. The molecule has 2 heterocycles. The first-order chi connectivity index (χ1) is 14.2. The molecule has 0 atom stereocenters. The molecule has 2 aromatic carbocycles. The van der Waals surface area contributed by atoms with Crippen molar-refractivity contribution >= 4 is 23.8 Å². The third kappa shape index (κ3) is 4.08. The number of carbonyl (C=O) groups is 1. The van der Waals surface area contributed by atoms with Gasteiger partial charge < -0.3 is 10.2 Å². The molecule has 0 saturated heterocycles. The van der Waals surface area contributed by atoms with Crippen molar-refractivity contribution in [1.82, 2.24) is 15.1 Å². The number of aromatic amines is 1. The average molecular weight is 386 g/mol. The van der Waals surface area contributed by atoms with Crippen LogP contribution in [0.5, 0.6) is 0 Å². The molecule has 0 bridgehead atoms. The van der Waals surface area contributed by atoms with Crippen LogP contribution in [0.1, 0.15) is 23.6 Å². The van der Waals surface area contributed by atoms with Crippen LogP contribution in [0.3, 0.4) is 0 Å². The van der Waals surface area contributed by atoms with Crippen LogP contribution >= 0.6 is 0 Å². The monoisotopic (exact) mass is 386 g/mol. The van der Waals surface area contributed by atoms with Crippen LogP contribution in [-0.4, -0.2) is 40.2 Å². The van der Waals surface area contributed by atoms with Gasteiger partial charge in [0.15, 0.2) is 5.84 Å². The molecule has 7 nitrogen and oxygen atoms in total. The Balaban J connectivity index is 1.48. The Morgan fingerprint density at radius 1 is 1.14 bits per heavy atom. The van der Waals surface area contributed by atoms with Crippen molar-refractivity contribution in [2.45, 2.75) is 20.0 Å². The van der Waals surface area contributed by atoms with Crippen LogP contribution in [0, 0.1) is 0 Å².